The SMILES string of the molecule is CC(C(O)c1ccccc1)N1CC2CCC1C2. The van der Waals surface area contributed by atoms with Gasteiger partial charge in [-0.3, -0.25) is 4.90 Å². The van der Waals surface area contributed by atoms with Crippen LogP contribution in [0.2, 0.25) is 0 Å². The van der Waals surface area contributed by atoms with Crippen LogP contribution in [-0.2, 0) is 0 Å². The van der Waals surface area contributed by atoms with E-state index in [1.54, 1.807) is 0 Å². The van der Waals surface area contributed by atoms with Gasteiger partial charge in [-0.05, 0) is 37.7 Å². The van der Waals surface area contributed by atoms with Crippen molar-refractivity contribution in [1.82, 2.24) is 4.90 Å². The molecule has 1 heterocycles. The molecule has 1 saturated carbocycles. The molecule has 1 aliphatic carbocycles. The van der Waals surface area contributed by atoms with Crippen LogP contribution >= 0.6 is 0 Å². The Morgan fingerprint density at radius 1 is 1.24 bits per heavy atom. The number of likely N-dealkylation sites (tertiary alicyclic amines) is 1. The van der Waals surface area contributed by atoms with Gasteiger partial charge in [0.05, 0.1) is 6.10 Å². The van der Waals surface area contributed by atoms with Gasteiger partial charge in [-0.25, -0.2) is 0 Å². The van der Waals surface area contributed by atoms with E-state index in [9.17, 15) is 5.11 Å². The van der Waals surface area contributed by atoms with Crippen molar-refractivity contribution in [3.8, 4) is 0 Å². The van der Waals surface area contributed by atoms with Crippen molar-refractivity contribution < 1.29 is 5.11 Å². The standard InChI is InChI=1S/C15H21NO/c1-11(15(17)13-5-3-2-4-6-13)16-10-12-7-8-14(16)9-12/h2-6,11-12,14-15,17H,7-10H2,1H3. The van der Waals surface area contributed by atoms with E-state index in [0.29, 0.717) is 0 Å². The lowest BCUT2D eigenvalue weighted by Gasteiger charge is -2.35. The molecule has 1 aliphatic heterocycles. The van der Waals surface area contributed by atoms with Crippen molar-refractivity contribution in [3.63, 3.8) is 0 Å². The van der Waals surface area contributed by atoms with E-state index in [2.05, 4.69) is 11.8 Å². The normalized spacial score (nSPS) is 31.6. The highest BCUT2D eigenvalue weighted by molar-refractivity contribution is 5.19. The summed E-state index contributed by atoms with van der Waals surface area (Å²) in [5.74, 6) is 0.894. The molecule has 1 saturated heterocycles. The fourth-order valence-electron chi connectivity index (χ4n) is 3.57. The summed E-state index contributed by atoms with van der Waals surface area (Å²) in [5, 5.41) is 10.4. The molecule has 2 heteroatoms. The van der Waals surface area contributed by atoms with Crippen LogP contribution in [0, 0.1) is 5.92 Å². The van der Waals surface area contributed by atoms with Crippen molar-refractivity contribution in [2.45, 2.75) is 44.4 Å². The Kier molecular flexibility index (Phi) is 2.93. The van der Waals surface area contributed by atoms with E-state index in [1.807, 2.05) is 30.3 Å². The summed E-state index contributed by atoms with van der Waals surface area (Å²) >= 11 is 0. The number of rotatable bonds is 3. The second-order valence-corrected chi connectivity index (χ2v) is 5.63. The van der Waals surface area contributed by atoms with Gasteiger partial charge in [-0.1, -0.05) is 30.3 Å². The second-order valence-electron chi connectivity index (χ2n) is 5.63. The van der Waals surface area contributed by atoms with Crippen LogP contribution in [0.1, 0.15) is 37.9 Å². The Balaban J connectivity index is 1.72. The number of hydrogen-bond donors (Lipinski definition) is 1. The van der Waals surface area contributed by atoms with Crippen LogP contribution in [0.25, 0.3) is 0 Å². The number of aliphatic hydroxyl groups excluding tert-OH is 1. The first-order valence-corrected chi connectivity index (χ1v) is 6.74. The topological polar surface area (TPSA) is 23.5 Å². The fraction of sp³-hybridized carbons (Fsp3) is 0.600. The van der Waals surface area contributed by atoms with E-state index < -0.39 is 0 Å². The van der Waals surface area contributed by atoms with Gasteiger partial charge in [0.2, 0.25) is 0 Å². The van der Waals surface area contributed by atoms with Gasteiger partial charge in [-0.2, -0.15) is 0 Å². The van der Waals surface area contributed by atoms with Crippen molar-refractivity contribution in [1.29, 1.82) is 0 Å². The summed E-state index contributed by atoms with van der Waals surface area (Å²) in [6, 6.07) is 11.0. The van der Waals surface area contributed by atoms with Gasteiger partial charge < -0.3 is 5.11 Å². The van der Waals surface area contributed by atoms with Crippen LogP contribution in [0.15, 0.2) is 30.3 Å². The number of benzene rings is 1. The monoisotopic (exact) mass is 231 g/mol. The van der Waals surface area contributed by atoms with Gasteiger partial charge in [0.25, 0.3) is 0 Å². The van der Waals surface area contributed by atoms with E-state index in [4.69, 9.17) is 0 Å². The molecule has 1 N–H and O–H groups in total. The summed E-state index contributed by atoms with van der Waals surface area (Å²) in [6.07, 6.45) is 3.73. The Morgan fingerprint density at radius 2 is 2.00 bits per heavy atom. The lowest BCUT2D eigenvalue weighted by atomic mass is 10.00. The van der Waals surface area contributed by atoms with Crippen molar-refractivity contribution in [3.05, 3.63) is 35.9 Å². The highest BCUT2D eigenvalue weighted by atomic mass is 16.3. The number of piperidine rings is 1. The zero-order valence-corrected chi connectivity index (χ0v) is 10.4. The van der Waals surface area contributed by atoms with Crippen molar-refractivity contribution in [2.75, 3.05) is 6.54 Å². The largest absolute Gasteiger partial charge is 0.387 e. The van der Waals surface area contributed by atoms with Crippen LogP contribution in [0.5, 0.6) is 0 Å². The predicted octanol–water partition coefficient (Wildman–Crippen LogP) is 2.59. The van der Waals surface area contributed by atoms with E-state index in [1.165, 1.54) is 25.8 Å². The summed E-state index contributed by atoms with van der Waals surface area (Å²) in [4.78, 5) is 2.52. The van der Waals surface area contributed by atoms with Gasteiger partial charge in [0.15, 0.2) is 0 Å². The van der Waals surface area contributed by atoms with Gasteiger partial charge >= 0.3 is 0 Å². The molecule has 0 aromatic heterocycles. The molecule has 0 radical (unpaired) electrons. The zero-order valence-electron chi connectivity index (χ0n) is 10.4. The predicted molar refractivity (Wildman–Crippen MR) is 68.7 cm³/mol. The van der Waals surface area contributed by atoms with Crippen LogP contribution < -0.4 is 0 Å². The van der Waals surface area contributed by atoms with Gasteiger partial charge in [0.1, 0.15) is 0 Å². The molecule has 2 nitrogen and oxygen atoms in total. The molecule has 0 amide bonds. The molecule has 4 unspecified atom stereocenters. The molecule has 0 spiro atoms. The smallest absolute Gasteiger partial charge is 0.0942 e. The number of hydrogen-bond acceptors (Lipinski definition) is 2. The summed E-state index contributed by atoms with van der Waals surface area (Å²) < 4.78 is 0. The number of fused-ring (bicyclic) bond motifs is 2. The first kappa shape index (κ1) is 11.2. The molecule has 92 valence electrons. The highest BCUT2D eigenvalue weighted by Crippen LogP contribution is 2.40. The third-order valence-electron chi connectivity index (χ3n) is 4.57. The molecule has 4 atom stereocenters. The van der Waals surface area contributed by atoms with Crippen LogP contribution in [0.3, 0.4) is 0 Å². The highest BCUT2D eigenvalue weighted by Gasteiger charge is 2.41. The Hall–Kier alpha value is -0.860. The molecule has 17 heavy (non-hydrogen) atoms. The van der Waals surface area contributed by atoms with E-state index in [-0.39, 0.29) is 12.1 Å². The lowest BCUT2D eigenvalue weighted by molar-refractivity contribution is 0.0400. The first-order chi connectivity index (χ1) is 8.25. The summed E-state index contributed by atoms with van der Waals surface area (Å²) in [7, 11) is 0. The molecule has 2 bridgehead atoms. The Morgan fingerprint density at radius 3 is 2.59 bits per heavy atom. The molecule has 2 aliphatic rings. The van der Waals surface area contributed by atoms with E-state index in [0.717, 1.165) is 17.5 Å². The maximum Gasteiger partial charge on any atom is 0.0942 e. The molecular weight excluding hydrogens is 210 g/mol. The van der Waals surface area contributed by atoms with Crippen LogP contribution in [0.4, 0.5) is 0 Å². The molecule has 1 aromatic carbocycles. The maximum absolute atomic E-state index is 10.4. The van der Waals surface area contributed by atoms with Gasteiger partial charge in [-0.15, -0.1) is 0 Å². The van der Waals surface area contributed by atoms with E-state index >= 15 is 0 Å². The molecule has 3 rings (SSSR count). The average molecular weight is 231 g/mol. The minimum atomic E-state index is -0.351. The quantitative estimate of drug-likeness (QED) is 0.864. The zero-order chi connectivity index (χ0) is 11.8. The van der Waals surface area contributed by atoms with Crippen LogP contribution in [-0.4, -0.2) is 28.6 Å². The fourth-order valence-corrected chi connectivity index (χ4v) is 3.57. The Labute approximate surface area is 103 Å². The molecule has 1 aromatic rings. The van der Waals surface area contributed by atoms with Crippen molar-refractivity contribution >= 4 is 0 Å². The average Bonchev–Trinajstić information content (AvgIpc) is 3.00. The second kappa shape index (κ2) is 4.43. The summed E-state index contributed by atoms with van der Waals surface area (Å²) in [6.45, 7) is 3.36. The van der Waals surface area contributed by atoms with Crippen molar-refractivity contribution in [2.24, 2.45) is 5.92 Å². The third kappa shape index (κ3) is 2.00. The molecular formula is C15H21NO. The Bertz CT molecular complexity index is 378. The summed E-state index contributed by atoms with van der Waals surface area (Å²) in [5.41, 5.74) is 1.04. The minimum absolute atomic E-state index is 0.243. The number of aliphatic hydroxyl groups is 1. The molecule has 2 fully saturated rings. The first-order valence-electron chi connectivity index (χ1n) is 6.74. The maximum atomic E-state index is 10.4. The minimum Gasteiger partial charge on any atom is -0.387 e. The van der Waals surface area contributed by atoms with Gasteiger partial charge in [0, 0.05) is 18.6 Å². The number of nitrogens with zero attached hydrogens (tertiary/aromatic N) is 1. The lowest BCUT2D eigenvalue weighted by Crippen LogP contribution is -2.42. The third-order valence-corrected chi connectivity index (χ3v) is 4.57.